The molecule has 0 saturated carbocycles. The highest BCUT2D eigenvalue weighted by Crippen LogP contribution is 2.29. The highest BCUT2D eigenvalue weighted by Gasteiger charge is 2.40. The van der Waals surface area contributed by atoms with Gasteiger partial charge in [-0.25, -0.2) is 17.9 Å². The number of aromatic carboxylic acids is 1. The standard InChI is InChI=1S/C11H13NO6S2/c13-10(14)6-3-9(19-5-6)20(15,16)12-8-2-1-7-4-17-11(8)18-7/h3,5,7-8,11-12H,1-2,4H2,(H,13,14)/t7-,8+,11+/m0/s1. The number of thiophene rings is 1. The fourth-order valence-corrected chi connectivity index (χ4v) is 4.70. The summed E-state index contributed by atoms with van der Waals surface area (Å²) < 4.78 is 37.8. The van der Waals surface area contributed by atoms with Gasteiger partial charge in [-0.3, -0.25) is 0 Å². The summed E-state index contributed by atoms with van der Waals surface area (Å²) in [6.07, 6.45) is 0.892. The van der Waals surface area contributed by atoms with Gasteiger partial charge < -0.3 is 14.6 Å². The van der Waals surface area contributed by atoms with E-state index in [1.807, 2.05) is 0 Å². The first kappa shape index (κ1) is 14.0. The van der Waals surface area contributed by atoms with E-state index in [0.29, 0.717) is 13.0 Å². The zero-order valence-corrected chi connectivity index (χ0v) is 11.9. The summed E-state index contributed by atoms with van der Waals surface area (Å²) >= 11 is 0.880. The highest BCUT2D eigenvalue weighted by atomic mass is 32.2. The number of hydrogen-bond donors (Lipinski definition) is 2. The maximum atomic E-state index is 12.2. The van der Waals surface area contributed by atoms with Crippen molar-refractivity contribution in [1.29, 1.82) is 0 Å². The summed E-state index contributed by atoms with van der Waals surface area (Å²) in [5, 5.41) is 10.1. The van der Waals surface area contributed by atoms with Crippen LogP contribution in [0.3, 0.4) is 0 Å². The molecular weight excluding hydrogens is 306 g/mol. The topological polar surface area (TPSA) is 102 Å². The van der Waals surface area contributed by atoms with Crippen molar-refractivity contribution in [3.63, 3.8) is 0 Å². The van der Waals surface area contributed by atoms with Gasteiger partial charge in [0.2, 0.25) is 0 Å². The summed E-state index contributed by atoms with van der Waals surface area (Å²) in [5.41, 5.74) is -0.0348. The summed E-state index contributed by atoms with van der Waals surface area (Å²) in [5.74, 6) is -1.15. The van der Waals surface area contributed by atoms with Gasteiger partial charge >= 0.3 is 5.97 Å². The predicted molar refractivity (Wildman–Crippen MR) is 69.2 cm³/mol. The molecule has 0 amide bonds. The average molecular weight is 319 g/mol. The van der Waals surface area contributed by atoms with Gasteiger partial charge in [-0.15, -0.1) is 11.3 Å². The van der Waals surface area contributed by atoms with E-state index in [0.717, 1.165) is 23.8 Å². The molecule has 3 atom stereocenters. The van der Waals surface area contributed by atoms with Crippen LogP contribution in [-0.4, -0.2) is 44.5 Å². The Morgan fingerprint density at radius 1 is 1.45 bits per heavy atom. The molecule has 0 radical (unpaired) electrons. The lowest BCUT2D eigenvalue weighted by Gasteiger charge is -2.27. The van der Waals surface area contributed by atoms with E-state index in [4.69, 9.17) is 14.6 Å². The first-order chi connectivity index (χ1) is 9.45. The van der Waals surface area contributed by atoms with Crippen LogP contribution >= 0.6 is 11.3 Å². The molecule has 2 aliphatic heterocycles. The number of carbonyl (C=O) groups is 1. The minimum Gasteiger partial charge on any atom is -0.478 e. The largest absolute Gasteiger partial charge is 0.478 e. The molecule has 110 valence electrons. The van der Waals surface area contributed by atoms with Crippen LogP contribution in [0.2, 0.25) is 0 Å². The molecule has 2 aliphatic rings. The number of hydrogen-bond acceptors (Lipinski definition) is 6. The molecule has 0 spiro atoms. The van der Waals surface area contributed by atoms with Crippen LogP contribution in [0.1, 0.15) is 23.2 Å². The Morgan fingerprint density at radius 3 is 2.95 bits per heavy atom. The van der Waals surface area contributed by atoms with Gasteiger partial charge in [0, 0.05) is 5.38 Å². The molecular formula is C11H13NO6S2. The van der Waals surface area contributed by atoms with Crippen LogP contribution in [0.5, 0.6) is 0 Å². The van der Waals surface area contributed by atoms with Gasteiger partial charge in [-0.2, -0.15) is 0 Å². The second-order valence-electron chi connectivity index (χ2n) is 4.72. The highest BCUT2D eigenvalue weighted by molar-refractivity contribution is 7.91. The van der Waals surface area contributed by atoms with Crippen LogP contribution in [0, 0.1) is 0 Å². The van der Waals surface area contributed by atoms with E-state index in [1.54, 1.807) is 0 Å². The van der Waals surface area contributed by atoms with Crippen LogP contribution in [0.25, 0.3) is 0 Å². The first-order valence-electron chi connectivity index (χ1n) is 6.07. The Labute approximate surface area is 119 Å². The first-order valence-corrected chi connectivity index (χ1v) is 8.43. The molecule has 1 aromatic rings. The molecule has 0 unspecified atom stereocenters. The number of sulfonamides is 1. The van der Waals surface area contributed by atoms with Gasteiger partial charge in [-0.1, -0.05) is 0 Å². The van der Waals surface area contributed by atoms with E-state index in [1.165, 1.54) is 5.38 Å². The second-order valence-corrected chi connectivity index (χ2v) is 7.58. The molecule has 2 saturated heterocycles. The SMILES string of the molecule is O=C(O)c1csc(S(=O)(=O)N[C@@H]2CC[C@H]3CO[C@@H]2O3)c1. The molecule has 0 aliphatic carbocycles. The van der Waals surface area contributed by atoms with Gasteiger partial charge in [0.25, 0.3) is 10.0 Å². The van der Waals surface area contributed by atoms with Crippen molar-refractivity contribution < 1.29 is 27.8 Å². The predicted octanol–water partition coefficient (Wildman–Crippen LogP) is 0.628. The van der Waals surface area contributed by atoms with Gasteiger partial charge in [0.1, 0.15) is 4.21 Å². The van der Waals surface area contributed by atoms with E-state index in [2.05, 4.69) is 4.72 Å². The zero-order chi connectivity index (χ0) is 14.3. The second kappa shape index (κ2) is 5.08. The van der Waals surface area contributed by atoms with Crippen molar-refractivity contribution >= 4 is 27.3 Å². The molecule has 2 N–H and O–H groups in total. The minimum atomic E-state index is -3.75. The summed E-state index contributed by atoms with van der Waals surface area (Å²) in [7, 11) is -3.75. The monoisotopic (exact) mass is 319 g/mol. The Morgan fingerprint density at radius 2 is 2.25 bits per heavy atom. The number of nitrogens with one attached hydrogen (secondary N) is 1. The van der Waals surface area contributed by atoms with Crippen molar-refractivity contribution in [3.8, 4) is 0 Å². The van der Waals surface area contributed by atoms with Crippen LogP contribution in [-0.2, 0) is 19.5 Å². The Bertz CT molecular complexity index is 625. The van der Waals surface area contributed by atoms with Crippen molar-refractivity contribution in [2.24, 2.45) is 0 Å². The number of carboxylic acids is 1. The van der Waals surface area contributed by atoms with Crippen LogP contribution < -0.4 is 4.72 Å². The Balaban J connectivity index is 1.76. The van der Waals surface area contributed by atoms with E-state index in [9.17, 15) is 13.2 Å². The molecule has 9 heteroatoms. The smallest absolute Gasteiger partial charge is 0.336 e. The van der Waals surface area contributed by atoms with Gasteiger partial charge in [0.15, 0.2) is 6.29 Å². The molecule has 3 rings (SSSR count). The van der Waals surface area contributed by atoms with Crippen LogP contribution in [0.15, 0.2) is 15.7 Å². The summed E-state index contributed by atoms with van der Waals surface area (Å²) in [6.45, 7) is 0.491. The van der Waals surface area contributed by atoms with Crippen molar-refractivity contribution in [2.45, 2.75) is 35.5 Å². The number of rotatable bonds is 4. The van der Waals surface area contributed by atoms with E-state index < -0.39 is 28.3 Å². The molecule has 7 nitrogen and oxygen atoms in total. The number of ether oxygens (including phenoxy) is 2. The van der Waals surface area contributed by atoms with Crippen molar-refractivity contribution in [2.75, 3.05) is 6.61 Å². The normalized spacial score (nSPS) is 29.5. The molecule has 2 fully saturated rings. The third-order valence-corrected chi connectivity index (χ3v) is 6.22. The lowest BCUT2D eigenvalue weighted by molar-refractivity contribution is -0.0979. The Kier molecular flexibility index (Phi) is 3.55. The van der Waals surface area contributed by atoms with E-state index >= 15 is 0 Å². The zero-order valence-electron chi connectivity index (χ0n) is 10.3. The van der Waals surface area contributed by atoms with Crippen molar-refractivity contribution in [3.05, 3.63) is 17.0 Å². The number of carboxylic acid groups (broad SMARTS) is 1. The fraction of sp³-hybridized carbons (Fsp3) is 0.545. The summed E-state index contributed by atoms with van der Waals surface area (Å²) in [6, 6.07) is 0.714. The molecule has 3 heterocycles. The molecule has 1 aromatic heterocycles. The maximum absolute atomic E-state index is 12.2. The minimum absolute atomic E-state index is 0.0185. The van der Waals surface area contributed by atoms with Gasteiger partial charge in [0.05, 0.1) is 24.3 Å². The van der Waals surface area contributed by atoms with E-state index in [-0.39, 0.29) is 15.9 Å². The quantitative estimate of drug-likeness (QED) is 0.844. The van der Waals surface area contributed by atoms with Gasteiger partial charge in [-0.05, 0) is 18.9 Å². The summed E-state index contributed by atoms with van der Waals surface area (Å²) in [4.78, 5) is 10.8. The molecule has 0 aromatic carbocycles. The number of fused-ring (bicyclic) bond motifs is 2. The Hall–Kier alpha value is -1.00. The lowest BCUT2D eigenvalue weighted by atomic mass is 10.1. The average Bonchev–Trinajstić information content (AvgIpc) is 3.01. The lowest BCUT2D eigenvalue weighted by Crippen LogP contribution is -2.46. The van der Waals surface area contributed by atoms with Crippen molar-refractivity contribution in [1.82, 2.24) is 4.72 Å². The third-order valence-electron chi connectivity index (χ3n) is 3.29. The van der Waals surface area contributed by atoms with Crippen LogP contribution in [0.4, 0.5) is 0 Å². The third kappa shape index (κ3) is 2.59. The maximum Gasteiger partial charge on any atom is 0.336 e. The fourth-order valence-electron chi connectivity index (χ4n) is 2.28. The molecule has 20 heavy (non-hydrogen) atoms. The molecule has 2 bridgehead atoms.